The Balaban J connectivity index is 2.03. The van der Waals surface area contributed by atoms with E-state index in [1.54, 1.807) is 0 Å². The van der Waals surface area contributed by atoms with Crippen LogP contribution in [0.3, 0.4) is 0 Å². The SMILES string of the molecule is C=C1C(=O)OC[C@H]1CCc1c(C)cccc1C. The summed E-state index contributed by atoms with van der Waals surface area (Å²) in [6.45, 7) is 8.57. The molecule has 1 aromatic carbocycles. The molecule has 0 saturated carbocycles. The summed E-state index contributed by atoms with van der Waals surface area (Å²) in [5.74, 6) is -0.0296. The van der Waals surface area contributed by atoms with Crippen LogP contribution in [0.25, 0.3) is 0 Å². The van der Waals surface area contributed by atoms with E-state index in [1.807, 2.05) is 0 Å². The first kappa shape index (κ1) is 11.9. The molecule has 1 atom stereocenters. The van der Waals surface area contributed by atoms with Crippen molar-refractivity contribution in [3.05, 3.63) is 47.0 Å². The number of esters is 1. The van der Waals surface area contributed by atoms with E-state index in [0.29, 0.717) is 12.2 Å². The molecule has 1 aliphatic heterocycles. The molecule has 90 valence electrons. The van der Waals surface area contributed by atoms with Crippen LogP contribution in [0.1, 0.15) is 23.1 Å². The van der Waals surface area contributed by atoms with Crippen molar-refractivity contribution >= 4 is 5.97 Å². The minimum absolute atomic E-state index is 0.196. The second-order valence-electron chi connectivity index (χ2n) is 4.73. The predicted octanol–water partition coefficient (Wildman–Crippen LogP) is 2.97. The highest BCUT2D eigenvalue weighted by Crippen LogP contribution is 2.26. The van der Waals surface area contributed by atoms with Gasteiger partial charge < -0.3 is 4.74 Å². The monoisotopic (exact) mass is 230 g/mol. The van der Waals surface area contributed by atoms with E-state index in [-0.39, 0.29) is 11.9 Å². The lowest BCUT2D eigenvalue weighted by Gasteiger charge is -2.12. The van der Waals surface area contributed by atoms with Crippen molar-refractivity contribution in [2.75, 3.05) is 6.61 Å². The highest BCUT2D eigenvalue weighted by atomic mass is 16.5. The van der Waals surface area contributed by atoms with Crippen molar-refractivity contribution in [3.63, 3.8) is 0 Å². The zero-order valence-electron chi connectivity index (χ0n) is 10.5. The number of benzene rings is 1. The highest BCUT2D eigenvalue weighted by Gasteiger charge is 2.28. The third-order valence-corrected chi connectivity index (χ3v) is 3.56. The zero-order chi connectivity index (χ0) is 12.4. The van der Waals surface area contributed by atoms with Gasteiger partial charge in [0.2, 0.25) is 0 Å². The molecule has 17 heavy (non-hydrogen) atoms. The summed E-state index contributed by atoms with van der Waals surface area (Å²) in [5, 5.41) is 0. The Bertz CT molecular complexity index is 440. The van der Waals surface area contributed by atoms with E-state index < -0.39 is 0 Å². The summed E-state index contributed by atoms with van der Waals surface area (Å²) in [5.41, 5.74) is 4.66. The number of ether oxygens (including phenoxy) is 1. The Morgan fingerprint density at radius 3 is 2.53 bits per heavy atom. The van der Waals surface area contributed by atoms with Gasteiger partial charge in [-0.2, -0.15) is 0 Å². The molecule has 2 rings (SSSR count). The number of cyclic esters (lactones) is 1. The summed E-state index contributed by atoms with van der Waals surface area (Å²) < 4.78 is 4.99. The van der Waals surface area contributed by atoms with E-state index >= 15 is 0 Å². The number of rotatable bonds is 3. The Labute approximate surface area is 102 Å². The molecule has 1 heterocycles. The minimum atomic E-state index is -0.225. The molecular formula is C15H18O2. The molecule has 2 heteroatoms. The summed E-state index contributed by atoms with van der Waals surface area (Å²) in [6.07, 6.45) is 1.93. The van der Waals surface area contributed by atoms with E-state index in [2.05, 4.69) is 38.6 Å². The van der Waals surface area contributed by atoms with Gasteiger partial charge >= 0.3 is 5.97 Å². The van der Waals surface area contributed by atoms with Gasteiger partial charge in [-0.05, 0) is 43.4 Å². The molecule has 0 unspecified atom stereocenters. The molecule has 0 radical (unpaired) electrons. The largest absolute Gasteiger partial charge is 0.462 e. The van der Waals surface area contributed by atoms with Gasteiger partial charge in [-0.3, -0.25) is 0 Å². The normalized spacial score (nSPS) is 19.5. The zero-order valence-corrected chi connectivity index (χ0v) is 10.5. The van der Waals surface area contributed by atoms with Crippen molar-refractivity contribution in [2.24, 2.45) is 5.92 Å². The Hall–Kier alpha value is -1.57. The standard InChI is InChI=1S/C15H18O2/c1-10-5-4-6-11(2)14(10)8-7-13-9-17-15(16)12(13)3/h4-6,13H,3,7-9H2,1-2H3/t13-/m1/s1. The fraction of sp³-hybridized carbons (Fsp3) is 0.400. The average Bonchev–Trinajstić information content (AvgIpc) is 2.60. The molecule has 1 fully saturated rings. The summed E-state index contributed by atoms with van der Waals surface area (Å²) in [7, 11) is 0. The molecule has 1 aromatic rings. The van der Waals surface area contributed by atoms with Gasteiger partial charge in [-0.25, -0.2) is 4.79 Å². The van der Waals surface area contributed by atoms with Crippen LogP contribution in [0.15, 0.2) is 30.4 Å². The van der Waals surface area contributed by atoms with Crippen molar-refractivity contribution < 1.29 is 9.53 Å². The molecule has 1 aliphatic rings. The van der Waals surface area contributed by atoms with Gasteiger partial charge in [0.1, 0.15) is 0 Å². The van der Waals surface area contributed by atoms with Gasteiger partial charge in [0.15, 0.2) is 0 Å². The van der Waals surface area contributed by atoms with E-state index in [4.69, 9.17) is 4.74 Å². The molecular weight excluding hydrogens is 212 g/mol. The summed E-state index contributed by atoms with van der Waals surface area (Å²) in [6, 6.07) is 6.34. The number of carbonyl (C=O) groups is 1. The van der Waals surface area contributed by atoms with Crippen LogP contribution < -0.4 is 0 Å². The molecule has 0 aliphatic carbocycles. The lowest BCUT2D eigenvalue weighted by atomic mass is 9.92. The second kappa shape index (κ2) is 4.74. The number of aryl methyl sites for hydroxylation is 2. The maximum atomic E-state index is 11.2. The van der Waals surface area contributed by atoms with Crippen LogP contribution in [-0.4, -0.2) is 12.6 Å². The maximum absolute atomic E-state index is 11.2. The molecule has 0 bridgehead atoms. The van der Waals surface area contributed by atoms with Gasteiger partial charge in [0, 0.05) is 11.5 Å². The molecule has 0 spiro atoms. The second-order valence-corrected chi connectivity index (χ2v) is 4.73. The van der Waals surface area contributed by atoms with Crippen molar-refractivity contribution in [3.8, 4) is 0 Å². The van der Waals surface area contributed by atoms with E-state index in [1.165, 1.54) is 16.7 Å². The quantitative estimate of drug-likeness (QED) is 0.589. The molecule has 0 amide bonds. The maximum Gasteiger partial charge on any atom is 0.333 e. The summed E-state index contributed by atoms with van der Waals surface area (Å²) in [4.78, 5) is 11.2. The predicted molar refractivity (Wildman–Crippen MR) is 67.8 cm³/mol. The highest BCUT2D eigenvalue weighted by molar-refractivity contribution is 5.90. The van der Waals surface area contributed by atoms with Crippen LogP contribution in [0.5, 0.6) is 0 Å². The molecule has 2 nitrogen and oxygen atoms in total. The van der Waals surface area contributed by atoms with Gasteiger partial charge in [-0.1, -0.05) is 24.8 Å². The Morgan fingerprint density at radius 2 is 2.00 bits per heavy atom. The van der Waals surface area contributed by atoms with Crippen molar-refractivity contribution in [1.82, 2.24) is 0 Å². The van der Waals surface area contributed by atoms with E-state index in [9.17, 15) is 4.79 Å². The minimum Gasteiger partial charge on any atom is -0.462 e. The Kier molecular flexibility index (Phi) is 3.32. The lowest BCUT2D eigenvalue weighted by molar-refractivity contribution is -0.135. The smallest absolute Gasteiger partial charge is 0.333 e. The number of hydrogen-bond donors (Lipinski definition) is 0. The first-order valence-corrected chi connectivity index (χ1v) is 6.00. The topological polar surface area (TPSA) is 26.3 Å². The number of hydrogen-bond acceptors (Lipinski definition) is 2. The van der Waals surface area contributed by atoms with Crippen molar-refractivity contribution in [1.29, 1.82) is 0 Å². The molecule has 1 saturated heterocycles. The third kappa shape index (κ3) is 2.41. The lowest BCUT2D eigenvalue weighted by Crippen LogP contribution is -2.05. The van der Waals surface area contributed by atoms with Crippen LogP contribution in [-0.2, 0) is 16.0 Å². The fourth-order valence-corrected chi connectivity index (χ4v) is 2.36. The first-order valence-electron chi connectivity index (χ1n) is 6.00. The fourth-order valence-electron chi connectivity index (χ4n) is 2.36. The first-order chi connectivity index (χ1) is 8.09. The van der Waals surface area contributed by atoms with Crippen LogP contribution in [0, 0.1) is 19.8 Å². The van der Waals surface area contributed by atoms with Crippen LogP contribution in [0.2, 0.25) is 0 Å². The van der Waals surface area contributed by atoms with Crippen molar-refractivity contribution in [2.45, 2.75) is 26.7 Å². The Morgan fingerprint density at radius 1 is 1.35 bits per heavy atom. The van der Waals surface area contributed by atoms with Crippen LogP contribution >= 0.6 is 0 Å². The van der Waals surface area contributed by atoms with Gasteiger partial charge in [-0.15, -0.1) is 0 Å². The summed E-state index contributed by atoms with van der Waals surface area (Å²) >= 11 is 0. The molecule has 0 aromatic heterocycles. The average molecular weight is 230 g/mol. The van der Waals surface area contributed by atoms with Gasteiger partial charge in [0.05, 0.1) is 6.61 Å². The van der Waals surface area contributed by atoms with E-state index in [0.717, 1.165) is 12.8 Å². The third-order valence-electron chi connectivity index (χ3n) is 3.56. The van der Waals surface area contributed by atoms with Crippen LogP contribution in [0.4, 0.5) is 0 Å². The number of carbonyl (C=O) groups excluding carboxylic acids is 1. The van der Waals surface area contributed by atoms with Gasteiger partial charge in [0.25, 0.3) is 0 Å². The molecule has 0 N–H and O–H groups in total.